The van der Waals surface area contributed by atoms with Crippen LogP contribution in [0.1, 0.15) is 18.0 Å². The van der Waals surface area contributed by atoms with Crippen LogP contribution in [0.25, 0.3) is 0 Å². The largest absolute Gasteiger partial charge is 0.481 e. The molecule has 0 saturated carbocycles. The van der Waals surface area contributed by atoms with Crippen LogP contribution in [0, 0.1) is 10.1 Å². The first kappa shape index (κ1) is 13.9. The Balaban J connectivity index is 3.19. The zero-order valence-electron chi connectivity index (χ0n) is 10.2. The summed E-state index contributed by atoms with van der Waals surface area (Å²) in [5.41, 5.74) is 6.39. The average molecular weight is 253 g/mol. The van der Waals surface area contributed by atoms with E-state index in [4.69, 9.17) is 10.8 Å². The Morgan fingerprint density at radius 2 is 2.17 bits per heavy atom. The lowest BCUT2D eigenvalue weighted by atomic mass is 10.0. The van der Waals surface area contributed by atoms with Gasteiger partial charge in [0.1, 0.15) is 0 Å². The fourth-order valence-corrected chi connectivity index (χ4v) is 1.58. The van der Waals surface area contributed by atoms with Gasteiger partial charge in [-0.25, -0.2) is 0 Å². The van der Waals surface area contributed by atoms with E-state index in [1.807, 2.05) is 0 Å². The summed E-state index contributed by atoms with van der Waals surface area (Å²) in [5.74, 6) is -1.09. The lowest BCUT2D eigenvalue weighted by Gasteiger charge is -2.15. The second-order valence-corrected chi connectivity index (χ2v) is 4.10. The monoisotopic (exact) mass is 253 g/mol. The van der Waals surface area contributed by atoms with Crippen molar-refractivity contribution in [1.82, 2.24) is 0 Å². The zero-order chi connectivity index (χ0) is 13.9. The number of nitro benzene ring substituents is 1. The molecule has 0 fully saturated rings. The third-order valence-corrected chi connectivity index (χ3v) is 2.52. The molecule has 7 nitrogen and oxygen atoms in total. The summed E-state index contributed by atoms with van der Waals surface area (Å²) >= 11 is 0. The summed E-state index contributed by atoms with van der Waals surface area (Å²) in [7, 11) is 3.52. The number of anilines is 1. The lowest BCUT2D eigenvalue weighted by molar-refractivity contribution is -0.385. The van der Waals surface area contributed by atoms with E-state index in [0.717, 1.165) is 0 Å². The Morgan fingerprint density at radius 3 is 2.61 bits per heavy atom. The average Bonchev–Trinajstić information content (AvgIpc) is 2.26. The van der Waals surface area contributed by atoms with Crippen LogP contribution in [0.5, 0.6) is 0 Å². The van der Waals surface area contributed by atoms with Gasteiger partial charge in [0, 0.05) is 37.5 Å². The Morgan fingerprint density at radius 1 is 1.56 bits per heavy atom. The van der Waals surface area contributed by atoms with Gasteiger partial charge in [0.25, 0.3) is 5.69 Å². The van der Waals surface area contributed by atoms with Crippen LogP contribution < -0.4 is 10.6 Å². The third kappa shape index (κ3) is 3.17. The molecule has 0 bridgehead atoms. The van der Waals surface area contributed by atoms with Gasteiger partial charge in [-0.2, -0.15) is 0 Å². The van der Waals surface area contributed by atoms with Crippen LogP contribution in [0.15, 0.2) is 18.2 Å². The molecule has 3 N–H and O–H groups in total. The fraction of sp³-hybridized carbons (Fsp3) is 0.364. The van der Waals surface area contributed by atoms with Crippen molar-refractivity contribution in [3.8, 4) is 0 Å². The van der Waals surface area contributed by atoms with Gasteiger partial charge in [0.05, 0.1) is 11.3 Å². The van der Waals surface area contributed by atoms with Crippen molar-refractivity contribution in [2.45, 2.75) is 12.5 Å². The molecule has 1 rings (SSSR count). The number of nitrogens with two attached hydrogens (primary N) is 1. The molecule has 1 aromatic rings. The molecule has 0 aromatic heterocycles. The number of carboxylic acid groups (broad SMARTS) is 1. The molecular weight excluding hydrogens is 238 g/mol. The molecule has 0 spiro atoms. The van der Waals surface area contributed by atoms with Gasteiger partial charge in [-0.15, -0.1) is 0 Å². The number of carboxylic acids is 1. The predicted molar refractivity (Wildman–Crippen MR) is 66.6 cm³/mol. The molecule has 1 unspecified atom stereocenters. The maximum absolute atomic E-state index is 11.0. The molecule has 0 aliphatic carbocycles. The summed E-state index contributed by atoms with van der Waals surface area (Å²) in [6.07, 6.45) is -0.345. The van der Waals surface area contributed by atoms with Gasteiger partial charge in [-0.1, -0.05) is 0 Å². The van der Waals surface area contributed by atoms with Crippen LogP contribution >= 0.6 is 0 Å². The number of nitrogens with zero attached hydrogens (tertiary/aromatic N) is 2. The smallest absolute Gasteiger partial charge is 0.305 e. The molecule has 0 saturated heterocycles. The molecule has 7 heteroatoms. The van der Waals surface area contributed by atoms with E-state index in [0.29, 0.717) is 5.69 Å². The van der Waals surface area contributed by atoms with Crippen molar-refractivity contribution in [1.29, 1.82) is 0 Å². The highest BCUT2D eigenvalue weighted by Gasteiger charge is 2.22. The van der Waals surface area contributed by atoms with Crippen LogP contribution in [-0.4, -0.2) is 30.1 Å². The van der Waals surface area contributed by atoms with E-state index in [1.165, 1.54) is 12.1 Å². The second-order valence-electron chi connectivity index (χ2n) is 4.10. The quantitative estimate of drug-likeness (QED) is 0.601. The van der Waals surface area contributed by atoms with Crippen molar-refractivity contribution in [3.63, 3.8) is 0 Å². The van der Waals surface area contributed by atoms with Gasteiger partial charge < -0.3 is 15.7 Å². The van der Waals surface area contributed by atoms with Gasteiger partial charge in [0.15, 0.2) is 0 Å². The van der Waals surface area contributed by atoms with Crippen LogP contribution in [-0.2, 0) is 4.79 Å². The number of carbonyl (C=O) groups is 1. The number of hydrogen-bond donors (Lipinski definition) is 2. The van der Waals surface area contributed by atoms with E-state index < -0.39 is 16.9 Å². The van der Waals surface area contributed by atoms with E-state index in [2.05, 4.69) is 0 Å². The first-order valence-electron chi connectivity index (χ1n) is 5.26. The molecule has 0 aliphatic rings. The maximum atomic E-state index is 11.0. The highest BCUT2D eigenvalue weighted by Crippen LogP contribution is 2.29. The highest BCUT2D eigenvalue weighted by molar-refractivity contribution is 5.69. The van der Waals surface area contributed by atoms with Crippen molar-refractivity contribution in [3.05, 3.63) is 33.9 Å². The Labute approximate surface area is 104 Å². The standard InChI is InChI=1S/C11H15N3O4/c1-13(2)7-3-4-8(9(12)6-11(15)16)10(5-7)14(17)18/h3-5,9H,6,12H2,1-2H3,(H,15,16). The van der Waals surface area contributed by atoms with Crippen molar-refractivity contribution >= 4 is 17.3 Å². The van der Waals surface area contributed by atoms with Crippen LogP contribution in [0.3, 0.4) is 0 Å². The Hall–Kier alpha value is -2.15. The molecule has 0 radical (unpaired) electrons. The number of aliphatic carboxylic acids is 1. The summed E-state index contributed by atoms with van der Waals surface area (Å²) in [5, 5.41) is 19.6. The molecule has 1 atom stereocenters. The third-order valence-electron chi connectivity index (χ3n) is 2.52. The molecule has 98 valence electrons. The minimum atomic E-state index is -1.09. The van der Waals surface area contributed by atoms with Gasteiger partial charge in [0.2, 0.25) is 0 Å². The van der Waals surface area contributed by atoms with E-state index >= 15 is 0 Å². The maximum Gasteiger partial charge on any atom is 0.305 e. The fourth-order valence-electron chi connectivity index (χ4n) is 1.58. The first-order chi connectivity index (χ1) is 8.32. The number of hydrogen-bond acceptors (Lipinski definition) is 5. The lowest BCUT2D eigenvalue weighted by Crippen LogP contribution is -2.17. The summed E-state index contributed by atoms with van der Waals surface area (Å²) in [6, 6.07) is 3.67. The molecular formula is C11H15N3O4. The van der Waals surface area contributed by atoms with E-state index in [-0.39, 0.29) is 17.7 Å². The van der Waals surface area contributed by atoms with Gasteiger partial charge in [-0.3, -0.25) is 14.9 Å². The Kier molecular flexibility index (Phi) is 4.22. The number of rotatable bonds is 5. The highest BCUT2D eigenvalue weighted by atomic mass is 16.6. The van der Waals surface area contributed by atoms with E-state index in [9.17, 15) is 14.9 Å². The minimum Gasteiger partial charge on any atom is -0.481 e. The molecule has 0 heterocycles. The van der Waals surface area contributed by atoms with E-state index in [1.54, 1.807) is 25.1 Å². The summed E-state index contributed by atoms with van der Waals surface area (Å²) in [4.78, 5) is 22.7. The predicted octanol–water partition coefficient (Wildman–Crippen LogP) is 1.14. The Bertz CT molecular complexity index is 473. The first-order valence-corrected chi connectivity index (χ1v) is 5.26. The van der Waals surface area contributed by atoms with Crippen molar-refractivity contribution < 1.29 is 14.8 Å². The van der Waals surface area contributed by atoms with Crippen molar-refractivity contribution in [2.75, 3.05) is 19.0 Å². The topological polar surface area (TPSA) is 110 Å². The molecule has 1 aromatic carbocycles. The van der Waals surface area contributed by atoms with Gasteiger partial charge >= 0.3 is 5.97 Å². The zero-order valence-corrected chi connectivity index (χ0v) is 10.2. The summed E-state index contributed by atoms with van der Waals surface area (Å²) < 4.78 is 0. The van der Waals surface area contributed by atoms with Crippen LogP contribution in [0.4, 0.5) is 11.4 Å². The molecule has 0 aliphatic heterocycles. The molecule has 18 heavy (non-hydrogen) atoms. The number of benzene rings is 1. The summed E-state index contributed by atoms with van der Waals surface area (Å²) in [6.45, 7) is 0. The van der Waals surface area contributed by atoms with Gasteiger partial charge in [-0.05, 0) is 12.1 Å². The van der Waals surface area contributed by atoms with Crippen LogP contribution in [0.2, 0.25) is 0 Å². The van der Waals surface area contributed by atoms with Crippen molar-refractivity contribution in [2.24, 2.45) is 5.73 Å². The molecule has 0 amide bonds. The SMILES string of the molecule is CN(C)c1ccc(C(N)CC(=O)O)c([N+](=O)[O-])c1. The normalized spacial score (nSPS) is 11.9. The number of nitro groups is 1. The minimum absolute atomic E-state index is 0.157. The second kappa shape index (κ2) is 5.46.